The van der Waals surface area contributed by atoms with Gasteiger partial charge in [-0.2, -0.15) is 0 Å². The van der Waals surface area contributed by atoms with Gasteiger partial charge >= 0.3 is 6.03 Å². The molecule has 1 fully saturated rings. The van der Waals surface area contributed by atoms with Gasteiger partial charge in [0.05, 0.1) is 6.04 Å². The topological polar surface area (TPSA) is 67.6 Å². The third-order valence-corrected chi connectivity index (χ3v) is 4.79. The average molecular weight is 353 g/mol. The monoisotopic (exact) mass is 353 g/mol. The molecule has 2 aromatic rings. The first-order valence-corrected chi connectivity index (χ1v) is 9.30. The molecule has 0 spiro atoms. The van der Waals surface area contributed by atoms with Crippen LogP contribution in [0.1, 0.15) is 25.3 Å². The summed E-state index contributed by atoms with van der Waals surface area (Å²) < 4.78 is 6.07. The van der Waals surface area contributed by atoms with Crippen molar-refractivity contribution in [3.05, 3.63) is 60.2 Å². The van der Waals surface area contributed by atoms with E-state index in [0.717, 1.165) is 36.4 Å². The first kappa shape index (κ1) is 18.3. The van der Waals surface area contributed by atoms with Crippen molar-refractivity contribution in [2.45, 2.75) is 38.3 Å². The molecule has 3 N–H and O–H groups in total. The van der Waals surface area contributed by atoms with Crippen LogP contribution in [0.3, 0.4) is 0 Å². The van der Waals surface area contributed by atoms with Gasteiger partial charge in [0.1, 0.15) is 11.5 Å². The number of para-hydroxylation sites is 2. The molecule has 26 heavy (non-hydrogen) atoms. The highest BCUT2D eigenvalue weighted by Gasteiger charge is 2.32. The summed E-state index contributed by atoms with van der Waals surface area (Å²) in [5.74, 6) is 1.61. The maximum atomic E-state index is 12.4. The Bertz CT molecular complexity index is 720. The van der Waals surface area contributed by atoms with Gasteiger partial charge in [-0.15, -0.1) is 0 Å². The van der Waals surface area contributed by atoms with E-state index in [1.807, 2.05) is 60.4 Å². The molecule has 2 aromatic carbocycles. The standard InChI is InChI=1S/C21H27N3O2/c1-2-23-21(25)24-14-8-12-18(22)19(24)15-16-9-6-7-13-20(16)26-17-10-4-3-5-11-17/h3-7,9-11,13,18-19H,2,8,12,14-15,22H2,1H3,(H,23,25). The van der Waals surface area contributed by atoms with Crippen molar-refractivity contribution in [2.75, 3.05) is 13.1 Å². The molecule has 1 heterocycles. The van der Waals surface area contributed by atoms with Crippen LogP contribution in [0.4, 0.5) is 4.79 Å². The Morgan fingerprint density at radius 1 is 1.19 bits per heavy atom. The molecule has 0 saturated carbocycles. The fraction of sp³-hybridized carbons (Fsp3) is 0.381. The number of hydrogen-bond acceptors (Lipinski definition) is 3. The Morgan fingerprint density at radius 2 is 1.92 bits per heavy atom. The molecule has 5 nitrogen and oxygen atoms in total. The molecule has 1 aliphatic heterocycles. The molecule has 5 heteroatoms. The molecule has 0 radical (unpaired) electrons. The number of likely N-dealkylation sites (tertiary alicyclic amines) is 1. The highest BCUT2D eigenvalue weighted by atomic mass is 16.5. The molecule has 0 aliphatic carbocycles. The molecule has 2 amide bonds. The third kappa shape index (κ3) is 4.35. The summed E-state index contributed by atoms with van der Waals surface area (Å²) in [7, 11) is 0. The maximum Gasteiger partial charge on any atom is 0.317 e. The van der Waals surface area contributed by atoms with E-state index in [9.17, 15) is 4.79 Å². The summed E-state index contributed by atoms with van der Waals surface area (Å²) in [6.45, 7) is 3.29. The van der Waals surface area contributed by atoms with Crippen LogP contribution in [0.5, 0.6) is 11.5 Å². The van der Waals surface area contributed by atoms with Gasteiger partial charge in [0.25, 0.3) is 0 Å². The largest absolute Gasteiger partial charge is 0.457 e. The number of hydrogen-bond donors (Lipinski definition) is 2. The minimum atomic E-state index is -0.0332. The van der Waals surface area contributed by atoms with Crippen molar-refractivity contribution in [3.63, 3.8) is 0 Å². The van der Waals surface area contributed by atoms with E-state index < -0.39 is 0 Å². The van der Waals surface area contributed by atoms with Gasteiger partial charge in [-0.05, 0) is 49.9 Å². The zero-order valence-corrected chi connectivity index (χ0v) is 15.2. The first-order valence-electron chi connectivity index (χ1n) is 9.30. The number of rotatable bonds is 5. The highest BCUT2D eigenvalue weighted by Crippen LogP contribution is 2.29. The summed E-state index contributed by atoms with van der Waals surface area (Å²) in [5, 5.41) is 2.91. The van der Waals surface area contributed by atoms with Crippen molar-refractivity contribution in [3.8, 4) is 11.5 Å². The van der Waals surface area contributed by atoms with Gasteiger partial charge in [0.15, 0.2) is 0 Å². The van der Waals surface area contributed by atoms with Gasteiger partial charge in [-0.3, -0.25) is 0 Å². The molecule has 1 aliphatic rings. The van der Waals surface area contributed by atoms with E-state index in [1.54, 1.807) is 0 Å². The SMILES string of the molecule is CCNC(=O)N1CCCC(N)C1Cc1ccccc1Oc1ccccc1. The second-order valence-corrected chi connectivity index (χ2v) is 6.63. The average Bonchev–Trinajstić information content (AvgIpc) is 2.66. The van der Waals surface area contributed by atoms with Crippen LogP contribution in [0.25, 0.3) is 0 Å². The normalized spacial score (nSPS) is 19.8. The van der Waals surface area contributed by atoms with Crippen LogP contribution < -0.4 is 15.8 Å². The Kier molecular flexibility index (Phi) is 6.12. The van der Waals surface area contributed by atoms with Gasteiger partial charge in [0, 0.05) is 19.1 Å². The summed E-state index contributed by atoms with van der Waals surface area (Å²) in [6, 6.07) is 17.6. The number of benzene rings is 2. The lowest BCUT2D eigenvalue weighted by atomic mass is 9.91. The number of piperidine rings is 1. The minimum Gasteiger partial charge on any atom is -0.457 e. The quantitative estimate of drug-likeness (QED) is 0.864. The van der Waals surface area contributed by atoms with Crippen LogP contribution >= 0.6 is 0 Å². The highest BCUT2D eigenvalue weighted by molar-refractivity contribution is 5.74. The Morgan fingerprint density at radius 3 is 2.69 bits per heavy atom. The van der Waals surface area contributed by atoms with Crippen molar-refractivity contribution in [1.82, 2.24) is 10.2 Å². The molecular formula is C21H27N3O2. The third-order valence-electron chi connectivity index (χ3n) is 4.79. The minimum absolute atomic E-state index is 0.0314. The molecular weight excluding hydrogens is 326 g/mol. The predicted molar refractivity (Wildman–Crippen MR) is 103 cm³/mol. The lowest BCUT2D eigenvalue weighted by Crippen LogP contribution is -2.57. The first-order chi connectivity index (χ1) is 12.7. The van der Waals surface area contributed by atoms with Crippen molar-refractivity contribution in [2.24, 2.45) is 5.73 Å². The lowest BCUT2D eigenvalue weighted by Gasteiger charge is -2.40. The molecule has 2 atom stereocenters. The zero-order chi connectivity index (χ0) is 18.4. The lowest BCUT2D eigenvalue weighted by molar-refractivity contribution is 0.138. The van der Waals surface area contributed by atoms with Gasteiger partial charge < -0.3 is 20.7 Å². The molecule has 1 saturated heterocycles. The van der Waals surface area contributed by atoms with Crippen LogP contribution in [0, 0.1) is 0 Å². The second kappa shape index (κ2) is 8.72. The maximum absolute atomic E-state index is 12.4. The van der Waals surface area contributed by atoms with Gasteiger partial charge in [0.2, 0.25) is 0 Å². The Labute approximate surface area is 155 Å². The van der Waals surface area contributed by atoms with Gasteiger partial charge in [-0.25, -0.2) is 4.79 Å². The van der Waals surface area contributed by atoms with Crippen LogP contribution in [0.15, 0.2) is 54.6 Å². The summed E-state index contributed by atoms with van der Waals surface area (Å²) in [6.07, 6.45) is 2.56. The smallest absolute Gasteiger partial charge is 0.317 e. The summed E-state index contributed by atoms with van der Waals surface area (Å²) in [5.41, 5.74) is 7.45. The Balaban J connectivity index is 1.81. The van der Waals surface area contributed by atoms with Crippen molar-refractivity contribution in [1.29, 1.82) is 0 Å². The Hall–Kier alpha value is -2.53. The molecule has 3 rings (SSSR count). The summed E-state index contributed by atoms with van der Waals surface area (Å²) >= 11 is 0. The van der Waals surface area contributed by atoms with E-state index in [1.165, 1.54) is 0 Å². The van der Waals surface area contributed by atoms with E-state index in [4.69, 9.17) is 10.5 Å². The number of nitrogens with two attached hydrogens (primary N) is 1. The van der Waals surface area contributed by atoms with E-state index >= 15 is 0 Å². The number of carbonyl (C=O) groups is 1. The van der Waals surface area contributed by atoms with E-state index in [0.29, 0.717) is 13.0 Å². The number of carbonyl (C=O) groups excluding carboxylic acids is 1. The van der Waals surface area contributed by atoms with E-state index in [2.05, 4.69) is 11.4 Å². The number of nitrogens with zero attached hydrogens (tertiary/aromatic N) is 1. The second-order valence-electron chi connectivity index (χ2n) is 6.63. The van der Waals surface area contributed by atoms with Crippen LogP contribution in [-0.2, 0) is 6.42 Å². The van der Waals surface area contributed by atoms with Crippen LogP contribution in [0.2, 0.25) is 0 Å². The molecule has 0 aromatic heterocycles. The molecule has 138 valence electrons. The fourth-order valence-electron chi connectivity index (χ4n) is 3.47. The number of amides is 2. The summed E-state index contributed by atoms with van der Waals surface area (Å²) in [4.78, 5) is 14.3. The van der Waals surface area contributed by atoms with E-state index in [-0.39, 0.29) is 18.1 Å². The van der Waals surface area contributed by atoms with Crippen LogP contribution in [-0.4, -0.2) is 36.1 Å². The zero-order valence-electron chi connectivity index (χ0n) is 15.2. The number of urea groups is 1. The fourth-order valence-corrected chi connectivity index (χ4v) is 3.47. The van der Waals surface area contributed by atoms with Crippen molar-refractivity contribution >= 4 is 6.03 Å². The molecule has 0 bridgehead atoms. The number of nitrogens with one attached hydrogen (secondary N) is 1. The van der Waals surface area contributed by atoms with Gasteiger partial charge in [-0.1, -0.05) is 36.4 Å². The predicted octanol–water partition coefficient (Wildman–Crippen LogP) is 3.54. The van der Waals surface area contributed by atoms with Crippen molar-refractivity contribution < 1.29 is 9.53 Å². The number of ether oxygens (including phenoxy) is 1. The molecule has 2 unspecified atom stereocenters.